The molecule has 0 bridgehead atoms. The van der Waals surface area contributed by atoms with Crippen LogP contribution in [0, 0.1) is 5.92 Å². The van der Waals surface area contributed by atoms with E-state index in [2.05, 4.69) is 24.3 Å². The van der Waals surface area contributed by atoms with Crippen LogP contribution in [0.3, 0.4) is 0 Å². The number of nitrogens with zero attached hydrogens (tertiary/aromatic N) is 1. The first kappa shape index (κ1) is 13.5. The maximum atomic E-state index is 8.60. The van der Waals surface area contributed by atoms with Gasteiger partial charge in [-0.2, -0.15) is 0 Å². The predicted octanol–water partition coefficient (Wildman–Crippen LogP) is 1.92. The Morgan fingerprint density at radius 3 is 2.88 bits per heavy atom. The van der Waals surface area contributed by atoms with Crippen LogP contribution < -0.4 is 11.1 Å². The summed E-state index contributed by atoms with van der Waals surface area (Å²) in [4.78, 5) is 0. The summed E-state index contributed by atoms with van der Waals surface area (Å²) in [5.41, 5.74) is 7.42. The molecule has 0 radical (unpaired) electrons. The molecule has 1 aromatic rings. The zero-order valence-corrected chi connectivity index (χ0v) is 10.5. The molecule has 4 heteroatoms. The Kier molecular flexibility index (Phi) is 5.49. The summed E-state index contributed by atoms with van der Waals surface area (Å²) in [5.74, 6) is 0.861. The van der Waals surface area contributed by atoms with Crippen LogP contribution in [0.1, 0.15) is 31.4 Å². The van der Waals surface area contributed by atoms with Gasteiger partial charge in [-0.15, -0.1) is 0 Å². The monoisotopic (exact) mass is 235 g/mol. The maximum absolute atomic E-state index is 8.60. The molecule has 0 aromatic heterocycles. The molecule has 0 saturated heterocycles. The molecule has 0 heterocycles. The van der Waals surface area contributed by atoms with Gasteiger partial charge < -0.3 is 16.3 Å². The zero-order chi connectivity index (χ0) is 12.7. The lowest BCUT2D eigenvalue weighted by Crippen LogP contribution is -2.17. The summed E-state index contributed by atoms with van der Waals surface area (Å²) in [6.45, 7) is 6.23. The van der Waals surface area contributed by atoms with Gasteiger partial charge in [0.2, 0.25) is 0 Å². The predicted molar refractivity (Wildman–Crippen MR) is 70.1 cm³/mol. The number of benzene rings is 1. The molecule has 4 N–H and O–H groups in total. The molecule has 4 nitrogen and oxygen atoms in total. The molecule has 0 atom stereocenters. The van der Waals surface area contributed by atoms with Crippen molar-refractivity contribution in [3.63, 3.8) is 0 Å². The number of hydrogen-bond donors (Lipinski definition) is 3. The Morgan fingerprint density at radius 1 is 1.47 bits per heavy atom. The first-order chi connectivity index (χ1) is 8.13. The van der Waals surface area contributed by atoms with Crippen molar-refractivity contribution >= 4 is 5.84 Å². The van der Waals surface area contributed by atoms with Crippen molar-refractivity contribution in [2.24, 2.45) is 16.8 Å². The smallest absolute Gasteiger partial charge is 0.170 e. The van der Waals surface area contributed by atoms with Crippen LogP contribution in [0.25, 0.3) is 0 Å². The number of hydrogen-bond acceptors (Lipinski definition) is 3. The molecule has 0 amide bonds. The van der Waals surface area contributed by atoms with Crippen LogP contribution in [-0.2, 0) is 6.54 Å². The molecule has 0 fully saturated rings. The summed E-state index contributed by atoms with van der Waals surface area (Å²) in [7, 11) is 0. The van der Waals surface area contributed by atoms with E-state index in [1.807, 2.05) is 24.3 Å². The molecule has 94 valence electrons. The minimum atomic E-state index is 0.147. The van der Waals surface area contributed by atoms with Crippen LogP contribution in [0.2, 0.25) is 0 Å². The van der Waals surface area contributed by atoms with Crippen molar-refractivity contribution in [1.29, 1.82) is 0 Å². The third-order valence-corrected chi connectivity index (χ3v) is 2.56. The summed E-state index contributed by atoms with van der Waals surface area (Å²) in [5, 5.41) is 15.0. The fourth-order valence-corrected chi connectivity index (χ4v) is 1.52. The van der Waals surface area contributed by atoms with E-state index in [0.29, 0.717) is 5.92 Å². The molecule has 0 saturated carbocycles. The van der Waals surface area contributed by atoms with Gasteiger partial charge in [0.05, 0.1) is 0 Å². The fourth-order valence-electron chi connectivity index (χ4n) is 1.52. The number of nitrogens with one attached hydrogen (secondary N) is 1. The average molecular weight is 235 g/mol. The summed E-state index contributed by atoms with van der Waals surface area (Å²) < 4.78 is 0. The Labute approximate surface area is 103 Å². The topological polar surface area (TPSA) is 70.6 Å². The second kappa shape index (κ2) is 6.91. The molecule has 0 unspecified atom stereocenters. The average Bonchev–Trinajstić information content (AvgIpc) is 2.34. The van der Waals surface area contributed by atoms with Crippen LogP contribution in [-0.4, -0.2) is 17.6 Å². The lowest BCUT2D eigenvalue weighted by atomic mass is 10.1. The van der Waals surface area contributed by atoms with Crippen molar-refractivity contribution < 1.29 is 5.21 Å². The maximum Gasteiger partial charge on any atom is 0.170 e. The standard InChI is InChI=1S/C13H21N3O/c1-10(2)6-7-15-9-11-4-3-5-12(8-11)13(14)16-17/h3-5,8,10,15,17H,6-7,9H2,1-2H3,(H2,14,16). The van der Waals surface area contributed by atoms with Gasteiger partial charge in [0.1, 0.15) is 0 Å². The summed E-state index contributed by atoms with van der Waals surface area (Å²) >= 11 is 0. The SMILES string of the molecule is CC(C)CCNCc1cccc(/C(N)=N/O)c1. The molecule has 1 rings (SSSR count). The van der Waals surface area contributed by atoms with E-state index >= 15 is 0 Å². The Balaban J connectivity index is 2.49. The minimum Gasteiger partial charge on any atom is -0.409 e. The zero-order valence-electron chi connectivity index (χ0n) is 10.5. The third kappa shape index (κ3) is 4.87. The summed E-state index contributed by atoms with van der Waals surface area (Å²) in [6.07, 6.45) is 1.17. The molecule has 17 heavy (non-hydrogen) atoms. The Morgan fingerprint density at radius 2 is 2.24 bits per heavy atom. The quantitative estimate of drug-likeness (QED) is 0.232. The van der Waals surface area contributed by atoms with Gasteiger partial charge in [-0.1, -0.05) is 37.2 Å². The van der Waals surface area contributed by atoms with E-state index in [0.717, 1.165) is 24.2 Å². The number of rotatable bonds is 6. The van der Waals surface area contributed by atoms with Gasteiger partial charge in [-0.05, 0) is 30.5 Å². The highest BCUT2D eigenvalue weighted by Crippen LogP contribution is 2.05. The molecular weight excluding hydrogens is 214 g/mol. The van der Waals surface area contributed by atoms with Gasteiger partial charge in [-0.3, -0.25) is 0 Å². The van der Waals surface area contributed by atoms with Crippen molar-refractivity contribution in [3.8, 4) is 0 Å². The van der Waals surface area contributed by atoms with Gasteiger partial charge in [0.15, 0.2) is 5.84 Å². The first-order valence-electron chi connectivity index (χ1n) is 5.91. The van der Waals surface area contributed by atoms with E-state index in [4.69, 9.17) is 10.9 Å². The molecular formula is C13H21N3O. The van der Waals surface area contributed by atoms with Crippen LogP contribution >= 0.6 is 0 Å². The van der Waals surface area contributed by atoms with E-state index in [9.17, 15) is 0 Å². The molecule has 1 aromatic carbocycles. The van der Waals surface area contributed by atoms with Crippen molar-refractivity contribution in [3.05, 3.63) is 35.4 Å². The van der Waals surface area contributed by atoms with Gasteiger partial charge >= 0.3 is 0 Å². The van der Waals surface area contributed by atoms with E-state index in [1.165, 1.54) is 6.42 Å². The second-order valence-electron chi connectivity index (χ2n) is 4.54. The summed E-state index contributed by atoms with van der Waals surface area (Å²) in [6, 6.07) is 7.69. The largest absolute Gasteiger partial charge is 0.409 e. The second-order valence-corrected chi connectivity index (χ2v) is 4.54. The van der Waals surface area contributed by atoms with Gasteiger partial charge in [0, 0.05) is 12.1 Å². The molecule has 0 aliphatic heterocycles. The van der Waals surface area contributed by atoms with Crippen molar-refractivity contribution in [1.82, 2.24) is 5.32 Å². The van der Waals surface area contributed by atoms with Crippen molar-refractivity contribution in [2.45, 2.75) is 26.8 Å². The van der Waals surface area contributed by atoms with Gasteiger partial charge in [0.25, 0.3) is 0 Å². The fraction of sp³-hybridized carbons (Fsp3) is 0.462. The highest BCUT2D eigenvalue weighted by Gasteiger charge is 2.00. The van der Waals surface area contributed by atoms with Crippen LogP contribution in [0.5, 0.6) is 0 Å². The lowest BCUT2D eigenvalue weighted by molar-refractivity contribution is 0.318. The minimum absolute atomic E-state index is 0.147. The molecule has 0 aliphatic rings. The normalized spacial score (nSPS) is 12.1. The highest BCUT2D eigenvalue weighted by molar-refractivity contribution is 5.97. The Hall–Kier alpha value is -1.55. The van der Waals surface area contributed by atoms with Gasteiger partial charge in [-0.25, -0.2) is 0 Å². The van der Waals surface area contributed by atoms with E-state index in [-0.39, 0.29) is 5.84 Å². The first-order valence-corrected chi connectivity index (χ1v) is 5.91. The Bertz CT molecular complexity index is 375. The lowest BCUT2D eigenvalue weighted by Gasteiger charge is -2.08. The molecule has 0 spiro atoms. The molecule has 0 aliphatic carbocycles. The van der Waals surface area contributed by atoms with Crippen molar-refractivity contribution in [2.75, 3.05) is 6.54 Å². The van der Waals surface area contributed by atoms with E-state index in [1.54, 1.807) is 0 Å². The third-order valence-electron chi connectivity index (χ3n) is 2.56. The number of nitrogens with two attached hydrogens (primary N) is 1. The van der Waals surface area contributed by atoms with Crippen LogP contribution in [0.4, 0.5) is 0 Å². The number of oxime groups is 1. The number of amidine groups is 1. The highest BCUT2D eigenvalue weighted by atomic mass is 16.4. The van der Waals surface area contributed by atoms with Crippen LogP contribution in [0.15, 0.2) is 29.4 Å². The van der Waals surface area contributed by atoms with E-state index < -0.39 is 0 Å².